The van der Waals surface area contributed by atoms with E-state index in [0.29, 0.717) is 6.10 Å². The molecule has 0 aromatic heterocycles. The lowest BCUT2D eigenvalue weighted by molar-refractivity contribution is -0.0150. The van der Waals surface area contributed by atoms with Crippen molar-refractivity contribution in [1.29, 1.82) is 0 Å². The predicted octanol–water partition coefficient (Wildman–Crippen LogP) is 2.95. The van der Waals surface area contributed by atoms with Gasteiger partial charge in [0.15, 0.2) is 0 Å². The van der Waals surface area contributed by atoms with E-state index in [1.165, 1.54) is 0 Å². The van der Waals surface area contributed by atoms with Crippen LogP contribution in [-0.4, -0.2) is 41.4 Å². The third kappa shape index (κ3) is 3.16. The molecular formula is C14H25NO3. The number of amides is 1. The van der Waals surface area contributed by atoms with E-state index in [-0.39, 0.29) is 18.2 Å². The lowest BCUT2D eigenvalue weighted by Gasteiger charge is -2.31. The fourth-order valence-corrected chi connectivity index (χ4v) is 2.84. The number of hydrogen-bond donors (Lipinski definition) is 0. The second-order valence-corrected chi connectivity index (χ2v) is 6.45. The summed E-state index contributed by atoms with van der Waals surface area (Å²) in [5.41, 5.74) is -0.423. The van der Waals surface area contributed by atoms with Crippen LogP contribution in [0.25, 0.3) is 0 Å². The number of carbonyl (C=O) groups is 1. The van der Waals surface area contributed by atoms with Crippen LogP contribution in [0.4, 0.5) is 4.79 Å². The minimum Gasteiger partial charge on any atom is -0.444 e. The van der Waals surface area contributed by atoms with E-state index in [1.807, 2.05) is 25.7 Å². The maximum atomic E-state index is 12.2. The fourth-order valence-electron chi connectivity index (χ4n) is 2.84. The molecule has 2 saturated heterocycles. The Kier molecular flexibility index (Phi) is 3.85. The van der Waals surface area contributed by atoms with Crippen LogP contribution in [0.3, 0.4) is 0 Å². The first-order valence-electron chi connectivity index (χ1n) is 7.02. The zero-order valence-corrected chi connectivity index (χ0v) is 11.9. The minimum atomic E-state index is -0.423. The van der Waals surface area contributed by atoms with E-state index in [4.69, 9.17) is 9.47 Å². The fraction of sp³-hybridized carbons (Fsp3) is 0.929. The molecule has 2 fully saturated rings. The van der Waals surface area contributed by atoms with Gasteiger partial charge in [0.1, 0.15) is 5.60 Å². The molecule has 3 unspecified atom stereocenters. The topological polar surface area (TPSA) is 38.8 Å². The summed E-state index contributed by atoms with van der Waals surface area (Å²) in [4.78, 5) is 14.0. The lowest BCUT2D eigenvalue weighted by Crippen LogP contribution is -2.45. The van der Waals surface area contributed by atoms with Crippen LogP contribution in [-0.2, 0) is 9.47 Å². The maximum absolute atomic E-state index is 12.2. The van der Waals surface area contributed by atoms with Crippen molar-refractivity contribution in [2.24, 2.45) is 0 Å². The standard InChI is InChI=1S/C14H25NO3/c1-10-7-8-12(17-10)11-6-5-9-15(11)13(16)18-14(2,3)4/h10-12H,5-9H2,1-4H3. The highest BCUT2D eigenvalue weighted by Crippen LogP contribution is 2.31. The van der Waals surface area contributed by atoms with Crippen molar-refractivity contribution in [1.82, 2.24) is 4.90 Å². The first-order chi connectivity index (χ1) is 8.37. The molecule has 0 radical (unpaired) electrons. The molecule has 0 aliphatic carbocycles. The Morgan fingerprint density at radius 2 is 2.00 bits per heavy atom. The molecule has 2 aliphatic rings. The van der Waals surface area contributed by atoms with Crippen molar-refractivity contribution in [3.8, 4) is 0 Å². The third-order valence-corrected chi connectivity index (χ3v) is 3.62. The highest BCUT2D eigenvalue weighted by atomic mass is 16.6. The molecule has 0 saturated carbocycles. The maximum Gasteiger partial charge on any atom is 0.410 e. The van der Waals surface area contributed by atoms with Gasteiger partial charge in [-0.25, -0.2) is 4.79 Å². The van der Waals surface area contributed by atoms with Crippen molar-refractivity contribution in [3.63, 3.8) is 0 Å². The summed E-state index contributed by atoms with van der Waals surface area (Å²) in [5, 5.41) is 0. The van der Waals surface area contributed by atoms with Gasteiger partial charge in [-0.05, 0) is 53.4 Å². The van der Waals surface area contributed by atoms with Gasteiger partial charge < -0.3 is 14.4 Å². The van der Waals surface area contributed by atoms with E-state index in [1.54, 1.807) is 0 Å². The average Bonchev–Trinajstić information content (AvgIpc) is 2.81. The summed E-state index contributed by atoms with van der Waals surface area (Å²) < 4.78 is 11.4. The number of likely N-dealkylation sites (tertiary alicyclic amines) is 1. The molecule has 2 heterocycles. The zero-order valence-electron chi connectivity index (χ0n) is 11.9. The highest BCUT2D eigenvalue weighted by Gasteiger charge is 2.40. The number of nitrogens with zero attached hydrogens (tertiary/aromatic N) is 1. The Bertz CT molecular complexity index is 311. The molecule has 0 bridgehead atoms. The Balaban J connectivity index is 1.97. The van der Waals surface area contributed by atoms with Crippen molar-refractivity contribution in [2.45, 2.75) is 77.2 Å². The van der Waals surface area contributed by atoms with Crippen LogP contribution < -0.4 is 0 Å². The van der Waals surface area contributed by atoms with E-state index < -0.39 is 5.60 Å². The number of rotatable bonds is 1. The first kappa shape index (κ1) is 13.7. The van der Waals surface area contributed by atoms with Crippen LogP contribution >= 0.6 is 0 Å². The summed E-state index contributed by atoms with van der Waals surface area (Å²) in [6, 6.07) is 0.213. The molecule has 1 amide bonds. The quantitative estimate of drug-likeness (QED) is 0.723. The number of carbonyl (C=O) groups excluding carboxylic acids is 1. The molecular weight excluding hydrogens is 230 g/mol. The molecule has 4 nitrogen and oxygen atoms in total. The monoisotopic (exact) mass is 255 g/mol. The SMILES string of the molecule is CC1CCC(C2CCCN2C(=O)OC(C)(C)C)O1. The lowest BCUT2D eigenvalue weighted by atomic mass is 10.1. The van der Waals surface area contributed by atoms with Gasteiger partial charge in [-0.1, -0.05) is 0 Å². The molecule has 3 atom stereocenters. The molecule has 104 valence electrons. The largest absolute Gasteiger partial charge is 0.444 e. The second kappa shape index (κ2) is 5.08. The minimum absolute atomic E-state index is 0.187. The van der Waals surface area contributed by atoms with Crippen LogP contribution in [0.15, 0.2) is 0 Å². The van der Waals surface area contributed by atoms with Crippen LogP contribution in [0.1, 0.15) is 53.4 Å². The Hall–Kier alpha value is -0.770. The second-order valence-electron chi connectivity index (χ2n) is 6.45. The van der Waals surface area contributed by atoms with Gasteiger partial charge in [0, 0.05) is 6.54 Å². The number of ether oxygens (including phenoxy) is 2. The van der Waals surface area contributed by atoms with E-state index in [9.17, 15) is 4.79 Å². The van der Waals surface area contributed by atoms with Gasteiger partial charge in [-0.2, -0.15) is 0 Å². The van der Waals surface area contributed by atoms with Gasteiger partial charge in [-0.15, -0.1) is 0 Å². The Labute approximate surface area is 110 Å². The molecule has 4 heteroatoms. The predicted molar refractivity (Wildman–Crippen MR) is 69.5 cm³/mol. The summed E-state index contributed by atoms with van der Waals surface area (Å²) in [7, 11) is 0. The van der Waals surface area contributed by atoms with Gasteiger partial charge >= 0.3 is 6.09 Å². The molecule has 0 aromatic carbocycles. The molecule has 18 heavy (non-hydrogen) atoms. The van der Waals surface area contributed by atoms with Gasteiger partial charge in [0.05, 0.1) is 18.2 Å². The van der Waals surface area contributed by atoms with Crippen LogP contribution in [0, 0.1) is 0 Å². The highest BCUT2D eigenvalue weighted by molar-refractivity contribution is 5.69. The summed E-state index contributed by atoms with van der Waals surface area (Å²) in [5.74, 6) is 0. The molecule has 0 N–H and O–H groups in total. The van der Waals surface area contributed by atoms with Crippen LogP contribution in [0.2, 0.25) is 0 Å². The summed E-state index contributed by atoms with van der Waals surface area (Å²) >= 11 is 0. The van der Waals surface area contributed by atoms with Crippen molar-refractivity contribution in [3.05, 3.63) is 0 Å². The van der Waals surface area contributed by atoms with Crippen LogP contribution in [0.5, 0.6) is 0 Å². The van der Waals surface area contributed by atoms with Gasteiger partial charge in [0.25, 0.3) is 0 Å². The van der Waals surface area contributed by atoms with E-state index in [2.05, 4.69) is 6.92 Å². The van der Waals surface area contributed by atoms with Gasteiger partial charge in [0.2, 0.25) is 0 Å². The number of hydrogen-bond acceptors (Lipinski definition) is 3. The molecule has 2 rings (SSSR count). The normalized spacial score (nSPS) is 32.9. The van der Waals surface area contributed by atoms with Crippen molar-refractivity contribution >= 4 is 6.09 Å². The van der Waals surface area contributed by atoms with Crippen molar-refractivity contribution in [2.75, 3.05) is 6.54 Å². The summed E-state index contributed by atoms with van der Waals surface area (Å²) in [6.07, 6.45) is 4.60. The molecule has 0 aromatic rings. The summed E-state index contributed by atoms with van der Waals surface area (Å²) in [6.45, 7) is 8.62. The Morgan fingerprint density at radius 3 is 2.56 bits per heavy atom. The zero-order chi connectivity index (χ0) is 13.3. The molecule has 0 spiro atoms. The first-order valence-corrected chi connectivity index (χ1v) is 7.02. The van der Waals surface area contributed by atoms with Crippen molar-refractivity contribution < 1.29 is 14.3 Å². The van der Waals surface area contributed by atoms with E-state index >= 15 is 0 Å². The third-order valence-electron chi connectivity index (χ3n) is 3.62. The van der Waals surface area contributed by atoms with E-state index in [0.717, 1.165) is 32.2 Å². The average molecular weight is 255 g/mol. The Morgan fingerprint density at radius 1 is 1.28 bits per heavy atom. The molecule has 2 aliphatic heterocycles. The van der Waals surface area contributed by atoms with Gasteiger partial charge in [-0.3, -0.25) is 0 Å². The smallest absolute Gasteiger partial charge is 0.410 e.